The zero-order valence-corrected chi connectivity index (χ0v) is 12.6. The number of ether oxygens (including phenoxy) is 1. The summed E-state index contributed by atoms with van der Waals surface area (Å²) in [6.45, 7) is 5.32. The maximum absolute atomic E-state index is 6.10. The molecule has 21 heavy (non-hydrogen) atoms. The average molecular weight is 286 g/mol. The molecule has 2 aromatic rings. The Bertz CT molecular complexity index is 572. The zero-order chi connectivity index (χ0) is 15.1. The van der Waals surface area contributed by atoms with Crippen LogP contribution in [0.2, 0.25) is 0 Å². The zero-order valence-electron chi connectivity index (χ0n) is 12.6. The van der Waals surface area contributed by atoms with E-state index in [2.05, 4.69) is 27.4 Å². The van der Waals surface area contributed by atoms with Crippen molar-refractivity contribution in [1.29, 1.82) is 0 Å². The van der Waals surface area contributed by atoms with Crippen molar-refractivity contribution in [3.8, 4) is 5.88 Å². The van der Waals surface area contributed by atoms with Gasteiger partial charge in [-0.25, -0.2) is 4.98 Å². The van der Waals surface area contributed by atoms with Crippen molar-refractivity contribution in [2.75, 3.05) is 17.7 Å². The predicted octanol–water partition coefficient (Wildman–Crippen LogP) is 3.02. The van der Waals surface area contributed by atoms with Gasteiger partial charge in [0.2, 0.25) is 5.88 Å². The van der Waals surface area contributed by atoms with Crippen LogP contribution in [-0.4, -0.2) is 16.6 Å². The van der Waals surface area contributed by atoms with Crippen molar-refractivity contribution in [1.82, 2.24) is 9.97 Å². The molecule has 0 unspecified atom stereocenters. The molecule has 2 rings (SSSR count). The summed E-state index contributed by atoms with van der Waals surface area (Å²) in [7, 11) is 0. The Morgan fingerprint density at radius 1 is 1.14 bits per heavy atom. The number of anilines is 2. The summed E-state index contributed by atoms with van der Waals surface area (Å²) in [4.78, 5) is 8.79. The van der Waals surface area contributed by atoms with Crippen LogP contribution in [0.1, 0.15) is 31.7 Å². The molecule has 0 aliphatic carbocycles. The summed E-state index contributed by atoms with van der Waals surface area (Å²) in [6, 6.07) is 10.1. The molecule has 5 heteroatoms. The molecular formula is C16H22N4O. The van der Waals surface area contributed by atoms with Gasteiger partial charge in [0.05, 0.1) is 6.61 Å². The number of nitrogens with zero attached hydrogens (tertiary/aromatic N) is 2. The van der Waals surface area contributed by atoms with E-state index in [1.807, 2.05) is 32.0 Å². The summed E-state index contributed by atoms with van der Waals surface area (Å²) in [5, 5.41) is 3.26. The first-order valence-corrected chi connectivity index (χ1v) is 7.31. The highest BCUT2D eigenvalue weighted by Crippen LogP contribution is 2.26. The fourth-order valence-corrected chi connectivity index (χ4v) is 1.88. The SMILES string of the molecule is CCCOc1nc(CC)nc(NCc2ccccc2)c1N. The molecule has 0 saturated heterocycles. The Morgan fingerprint density at radius 3 is 2.57 bits per heavy atom. The normalized spacial score (nSPS) is 10.4. The van der Waals surface area contributed by atoms with E-state index in [0.717, 1.165) is 18.7 Å². The van der Waals surface area contributed by atoms with Crippen LogP contribution in [-0.2, 0) is 13.0 Å². The van der Waals surface area contributed by atoms with E-state index in [9.17, 15) is 0 Å². The smallest absolute Gasteiger partial charge is 0.242 e. The van der Waals surface area contributed by atoms with Gasteiger partial charge in [0.25, 0.3) is 0 Å². The molecule has 3 N–H and O–H groups in total. The molecule has 5 nitrogen and oxygen atoms in total. The van der Waals surface area contributed by atoms with Crippen molar-refractivity contribution < 1.29 is 4.74 Å². The van der Waals surface area contributed by atoms with Crippen molar-refractivity contribution >= 4 is 11.5 Å². The Hall–Kier alpha value is -2.30. The van der Waals surface area contributed by atoms with Crippen LogP contribution in [0.25, 0.3) is 0 Å². The van der Waals surface area contributed by atoms with Crippen molar-refractivity contribution in [2.24, 2.45) is 0 Å². The number of aromatic nitrogens is 2. The Labute approximate surface area is 125 Å². The van der Waals surface area contributed by atoms with E-state index >= 15 is 0 Å². The van der Waals surface area contributed by atoms with E-state index in [0.29, 0.717) is 30.5 Å². The number of benzene rings is 1. The van der Waals surface area contributed by atoms with Crippen molar-refractivity contribution in [2.45, 2.75) is 33.2 Å². The Balaban J connectivity index is 2.17. The molecule has 1 heterocycles. The minimum Gasteiger partial charge on any atom is -0.476 e. The minimum atomic E-state index is 0.469. The number of rotatable bonds is 7. The van der Waals surface area contributed by atoms with Crippen LogP contribution in [0.4, 0.5) is 11.5 Å². The molecule has 0 fully saturated rings. The molecule has 0 radical (unpaired) electrons. The first kappa shape index (κ1) is 15.1. The third-order valence-electron chi connectivity index (χ3n) is 3.02. The lowest BCUT2D eigenvalue weighted by Crippen LogP contribution is -2.11. The highest BCUT2D eigenvalue weighted by molar-refractivity contribution is 5.67. The molecule has 0 atom stereocenters. The standard InChI is InChI=1S/C16H22N4O/c1-3-10-21-16-14(17)15(19-13(4-2)20-16)18-11-12-8-6-5-7-9-12/h5-9H,3-4,10-11,17H2,1-2H3,(H,18,19,20). The van der Waals surface area contributed by atoms with Crippen LogP contribution in [0.3, 0.4) is 0 Å². The summed E-state index contributed by atoms with van der Waals surface area (Å²) in [5.74, 6) is 1.84. The molecule has 0 aliphatic rings. The summed E-state index contributed by atoms with van der Waals surface area (Å²) < 4.78 is 5.61. The van der Waals surface area contributed by atoms with E-state index in [1.165, 1.54) is 5.56 Å². The maximum Gasteiger partial charge on any atom is 0.242 e. The molecule has 0 aliphatic heterocycles. The lowest BCUT2D eigenvalue weighted by Gasteiger charge is -2.13. The van der Waals surface area contributed by atoms with Crippen LogP contribution in [0.5, 0.6) is 5.88 Å². The molecular weight excluding hydrogens is 264 g/mol. The monoisotopic (exact) mass is 286 g/mol. The van der Waals surface area contributed by atoms with E-state index in [1.54, 1.807) is 0 Å². The van der Waals surface area contributed by atoms with Crippen molar-refractivity contribution in [3.05, 3.63) is 41.7 Å². The largest absolute Gasteiger partial charge is 0.476 e. The van der Waals surface area contributed by atoms with Gasteiger partial charge in [0.1, 0.15) is 11.5 Å². The number of nitrogens with one attached hydrogen (secondary N) is 1. The Kier molecular flexibility index (Phi) is 5.37. The number of nitrogen functional groups attached to an aromatic ring is 1. The quantitative estimate of drug-likeness (QED) is 0.818. The molecule has 1 aromatic carbocycles. The van der Waals surface area contributed by atoms with Gasteiger partial charge in [0.15, 0.2) is 5.82 Å². The van der Waals surface area contributed by atoms with Gasteiger partial charge < -0.3 is 15.8 Å². The highest BCUT2D eigenvalue weighted by atomic mass is 16.5. The van der Waals surface area contributed by atoms with E-state index in [-0.39, 0.29) is 0 Å². The molecule has 0 amide bonds. The lowest BCUT2D eigenvalue weighted by molar-refractivity contribution is 0.305. The topological polar surface area (TPSA) is 73.1 Å². The van der Waals surface area contributed by atoms with E-state index < -0.39 is 0 Å². The molecule has 112 valence electrons. The summed E-state index contributed by atoms with van der Waals surface area (Å²) in [6.07, 6.45) is 1.65. The third kappa shape index (κ3) is 4.08. The lowest BCUT2D eigenvalue weighted by atomic mass is 10.2. The fourth-order valence-electron chi connectivity index (χ4n) is 1.88. The fraction of sp³-hybridized carbons (Fsp3) is 0.375. The second-order valence-electron chi connectivity index (χ2n) is 4.75. The summed E-state index contributed by atoms with van der Waals surface area (Å²) >= 11 is 0. The second kappa shape index (κ2) is 7.47. The molecule has 0 bridgehead atoms. The third-order valence-corrected chi connectivity index (χ3v) is 3.02. The molecule has 1 aromatic heterocycles. The maximum atomic E-state index is 6.10. The van der Waals surface area contributed by atoms with Crippen molar-refractivity contribution in [3.63, 3.8) is 0 Å². The molecule has 0 saturated carbocycles. The van der Waals surface area contributed by atoms with Gasteiger partial charge in [-0.05, 0) is 12.0 Å². The number of hydrogen-bond donors (Lipinski definition) is 2. The predicted molar refractivity (Wildman–Crippen MR) is 85.4 cm³/mol. The average Bonchev–Trinajstić information content (AvgIpc) is 2.53. The first-order chi connectivity index (χ1) is 10.2. The van der Waals surface area contributed by atoms with Gasteiger partial charge in [-0.1, -0.05) is 44.2 Å². The number of nitrogens with two attached hydrogens (primary N) is 1. The van der Waals surface area contributed by atoms with Crippen LogP contribution < -0.4 is 15.8 Å². The van der Waals surface area contributed by atoms with Gasteiger partial charge in [-0.15, -0.1) is 0 Å². The van der Waals surface area contributed by atoms with Gasteiger partial charge in [0, 0.05) is 13.0 Å². The summed E-state index contributed by atoms with van der Waals surface area (Å²) in [5.41, 5.74) is 7.74. The van der Waals surface area contributed by atoms with Crippen LogP contribution >= 0.6 is 0 Å². The van der Waals surface area contributed by atoms with Gasteiger partial charge in [-0.3, -0.25) is 0 Å². The van der Waals surface area contributed by atoms with Gasteiger partial charge in [-0.2, -0.15) is 4.98 Å². The van der Waals surface area contributed by atoms with E-state index in [4.69, 9.17) is 10.5 Å². The highest BCUT2D eigenvalue weighted by Gasteiger charge is 2.12. The second-order valence-corrected chi connectivity index (χ2v) is 4.75. The number of hydrogen-bond acceptors (Lipinski definition) is 5. The number of aryl methyl sites for hydroxylation is 1. The minimum absolute atomic E-state index is 0.469. The Morgan fingerprint density at radius 2 is 1.90 bits per heavy atom. The molecule has 0 spiro atoms. The van der Waals surface area contributed by atoms with Gasteiger partial charge >= 0.3 is 0 Å². The first-order valence-electron chi connectivity index (χ1n) is 7.31. The van der Waals surface area contributed by atoms with Crippen LogP contribution in [0, 0.1) is 0 Å². The van der Waals surface area contributed by atoms with Crippen LogP contribution in [0.15, 0.2) is 30.3 Å².